The van der Waals surface area contributed by atoms with Gasteiger partial charge in [0.1, 0.15) is 5.82 Å². The maximum Gasteiger partial charge on any atom is 0.123 e. The highest BCUT2D eigenvalue weighted by molar-refractivity contribution is 7.99. The number of para-hydroxylation sites is 1. The summed E-state index contributed by atoms with van der Waals surface area (Å²) < 4.78 is 13.1. The van der Waals surface area contributed by atoms with Crippen LogP contribution in [-0.4, -0.2) is 37.5 Å². The van der Waals surface area contributed by atoms with Gasteiger partial charge in [-0.15, -0.1) is 11.8 Å². The van der Waals surface area contributed by atoms with Crippen molar-refractivity contribution in [3.8, 4) is 0 Å². The van der Waals surface area contributed by atoms with E-state index in [0.29, 0.717) is 5.92 Å². The van der Waals surface area contributed by atoms with Crippen molar-refractivity contribution in [1.82, 2.24) is 5.32 Å². The Balaban J connectivity index is 1.36. The molecule has 1 saturated heterocycles. The summed E-state index contributed by atoms with van der Waals surface area (Å²) in [7, 11) is 0. The molecule has 0 amide bonds. The molecule has 0 bridgehead atoms. The third-order valence-corrected chi connectivity index (χ3v) is 7.82. The van der Waals surface area contributed by atoms with E-state index in [4.69, 9.17) is 0 Å². The van der Waals surface area contributed by atoms with Gasteiger partial charge in [0.2, 0.25) is 0 Å². The number of rotatable bonds is 5. The quantitative estimate of drug-likeness (QED) is 0.706. The van der Waals surface area contributed by atoms with E-state index in [2.05, 4.69) is 33.7 Å². The predicted molar refractivity (Wildman–Crippen MR) is 116 cm³/mol. The van der Waals surface area contributed by atoms with Crippen LogP contribution in [0.4, 0.5) is 15.8 Å². The predicted octanol–water partition coefficient (Wildman–Crippen LogP) is 4.85. The highest BCUT2D eigenvalue weighted by atomic mass is 32.2. The number of benzene rings is 2. The molecule has 2 aromatic carbocycles. The molecule has 3 heterocycles. The summed E-state index contributed by atoms with van der Waals surface area (Å²) in [5.74, 6) is 1.62. The molecular weight excluding hydrogens is 369 g/mol. The molecule has 2 N–H and O–H groups in total. The number of halogens is 1. The maximum absolute atomic E-state index is 13.1. The van der Waals surface area contributed by atoms with Crippen LogP contribution in [-0.2, 0) is 0 Å². The fourth-order valence-electron chi connectivity index (χ4n) is 5.45. The number of hydrogen-bond donors (Lipinski definition) is 2. The van der Waals surface area contributed by atoms with Crippen molar-refractivity contribution in [3.63, 3.8) is 0 Å². The number of hydrogen-bond acceptors (Lipinski definition) is 4. The van der Waals surface area contributed by atoms with E-state index in [-0.39, 0.29) is 11.4 Å². The minimum atomic E-state index is -0.180. The number of nitrogens with one attached hydrogen (secondary N) is 2. The molecule has 0 aromatic heterocycles. The second-order valence-corrected chi connectivity index (χ2v) is 9.33. The van der Waals surface area contributed by atoms with Gasteiger partial charge >= 0.3 is 0 Å². The first kappa shape index (κ1) is 18.3. The topological polar surface area (TPSA) is 27.3 Å². The second-order valence-electron chi connectivity index (χ2n) is 8.20. The van der Waals surface area contributed by atoms with Gasteiger partial charge in [-0.1, -0.05) is 12.1 Å². The third kappa shape index (κ3) is 3.09. The molecule has 0 radical (unpaired) electrons. The van der Waals surface area contributed by atoms with E-state index in [1.54, 1.807) is 5.56 Å². The molecular formula is C23H28FN3S. The van der Waals surface area contributed by atoms with Crippen molar-refractivity contribution in [2.75, 3.05) is 42.1 Å². The van der Waals surface area contributed by atoms with Crippen LogP contribution >= 0.6 is 11.8 Å². The summed E-state index contributed by atoms with van der Waals surface area (Å²) in [6, 6.07) is 13.6. The Bertz CT molecular complexity index is 840. The molecule has 5 rings (SSSR count). The Morgan fingerprint density at radius 2 is 2.11 bits per heavy atom. The number of thioether (sulfide) groups is 1. The van der Waals surface area contributed by atoms with Gasteiger partial charge in [-0.3, -0.25) is 0 Å². The second kappa shape index (κ2) is 7.60. The van der Waals surface area contributed by atoms with E-state index in [1.807, 2.05) is 23.9 Å². The third-order valence-electron chi connectivity index (χ3n) is 6.69. The SMILES string of the molecule is Fc1ccc(NCCC[C@]23CCNC[C@H]2c2cccc4c2N3CCCS4)cc1. The Labute approximate surface area is 171 Å². The fourth-order valence-corrected chi connectivity index (χ4v) is 6.49. The average molecular weight is 398 g/mol. The monoisotopic (exact) mass is 397 g/mol. The van der Waals surface area contributed by atoms with Crippen molar-refractivity contribution in [2.45, 2.75) is 42.0 Å². The lowest BCUT2D eigenvalue weighted by molar-refractivity contribution is 0.246. The van der Waals surface area contributed by atoms with Crippen molar-refractivity contribution in [2.24, 2.45) is 0 Å². The van der Waals surface area contributed by atoms with Crippen molar-refractivity contribution in [3.05, 3.63) is 53.8 Å². The van der Waals surface area contributed by atoms with Crippen LogP contribution in [0.15, 0.2) is 47.4 Å². The maximum atomic E-state index is 13.1. The van der Waals surface area contributed by atoms with Crippen LogP contribution in [0.3, 0.4) is 0 Å². The molecule has 3 nitrogen and oxygen atoms in total. The first-order chi connectivity index (χ1) is 13.8. The molecule has 5 heteroatoms. The Morgan fingerprint density at radius 1 is 1.21 bits per heavy atom. The summed E-state index contributed by atoms with van der Waals surface area (Å²) in [4.78, 5) is 4.27. The number of piperidine rings is 1. The lowest BCUT2D eigenvalue weighted by Gasteiger charge is -2.47. The normalized spacial score (nSPS) is 25.8. The molecule has 148 valence electrons. The van der Waals surface area contributed by atoms with Crippen LogP contribution in [0.2, 0.25) is 0 Å². The molecule has 0 spiro atoms. The molecule has 1 fully saturated rings. The lowest BCUT2D eigenvalue weighted by atomic mass is 9.74. The Hall–Kier alpha value is -1.72. The van der Waals surface area contributed by atoms with E-state index in [1.165, 1.54) is 54.3 Å². The fraction of sp³-hybridized carbons (Fsp3) is 0.478. The van der Waals surface area contributed by atoms with E-state index >= 15 is 0 Å². The first-order valence-corrected chi connectivity index (χ1v) is 11.5. The van der Waals surface area contributed by atoms with Gasteiger partial charge in [0.15, 0.2) is 0 Å². The van der Waals surface area contributed by atoms with E-state index in [9.17, 15) is 4.39 Å². The van der Waals surface area contributed by atoms with E-state index < -0.39 is 0 Å². The number of anilines is 2. The summed E-state index contributed by atoms with van der Waals surface area (Å²) in [6.07, 6.45) is 4.80. The van der Waals surface area contributed by atoms with Crippen LogP contribution in [0.1, 0.15) is 37.2 Å². The molecule has 2 aromatic rings. The van der Waals surface area contributed by atoms with Gasteiger partial charge in [0.25, 0.3) is 0 Å². The lowest BCUT2D eigenvalue weighted by Crippen LogP contribution is -2.56. The molecule has 0 unspecified atom stereocenters. The minimum Gasteiger partial charge on any atom is -0.385 e. The van der Waals surface area contributed by atoms with Gasteiger partial charge in [-0.25, -0.2) is 4.39 Å². The van der Waals surface area contributed by atoms with Crippen LogP contribution in [0.5, 0.6) is 0 Å². The van der Waals surface area contributed by atoms with Gasteiger partial charge in [0, 0.05) is 41.7 Å². The summed E-state index contributed by atoms with van der Waals surface area (Å²) >= 11 is 2.03. The summed E-state index contributed by atoms with van der Waals surface area (Å²) in [5.41, 5.74) is 4.35. The van der Waals surface area contributed by atoms with Gasteiger partial charge in [0.05, 0.1) is 5.69 Å². The summed E-state index contributed by atoms with van der Waals surface area (Å²) in [6.45, 7) is 4.30. The van der Waals surface area contributed by atoms with Crippen molar-refractivity contribution in [1.29, 1.82) is 0 Å². The van der Waals surface area contributed by atoms with Crippen LogP contribution in [0.25, 0.3) is 0 Å². The Kier molecular flexibility index (Phi) is 4.97. The van der Waals surface area contributed by atoms with Gasteiger partial charge in [-0.05, 0) is 73.9 Å². The van der Waals surface area contributed by atoms with E-state index in [0.717, 1.165) is 31.7 Å². The van der Waals surface area contributed by atoms with Gasteiger partial charge in [-0.2, -0.15) is 0 Å². The zero-order valence-corrected chi connectivity index (χ0v) is 17.0. The van der Waals surface area contributed by atoms with Gasteiger partial charge < -0.3 is 15.5 Å². The molecule has 28 heavy (non-hydrogen) atoms. The standard InChI is InChI=1S/C23H28FN3S/c24-17-6-8-18(9-7-17)26-12-2-10-23-11-13-25-16-20(23)19-4-1-5-21-22(19)27(23)14-3-15-28-21/h1,4-9,20,25-26H,2-3,10-16H2/t20-,23-/m0/s1. The largest absolute Gasteiger partial charge is 0.385 e. The highest BCUT2D eigenvalue weighted by Gasteiger charge is 2.52. The zero-order chi connectivity index (χ0) is 19.0. The summed E-state index contributed by atoms with van der Waals surface area (Å²) in [5, 5.41) is 7.13. The molecule has 2 atom stereocenters. The van der Waals surface area contributed by atoms with Crippen LogP contribution in [0, 0.1) is 5.82 Å². The highest BCUT2D eigenvalue weighted by Crippen LogP contribution is 2.56. The number of fused-ring (bicyclic) bond motifs is 3. The first-order valence-electron chi connectivity index (χ1n) is 10.5. The zero-order valence-electron chi connectivity index (χ0n) is 16.2. The molecule has 0 saturated carbocycles. The molecule has 3 aliphatic rings. The van der Waals surface area contributed by atoms with Crippen molar-refractivity contribution >= 4 is 23.1 Å². The average Bonchev–Trinajstić information content (AvgIpc) is 2.85. The molecule has 0 aliphatic carbocycles. The Morgan fingerprint density at radius 3 is 3.00 bits per heavy atom. The van der Waals surface area contributed by atoms with Crippen LogP contribution < -0.4 is 15.5 Å². The minimum absolute atomic E-state index is 0.180. The number of nitrogens with zero attached hydrogens (tertiary/aromatic N) is 1. The molecule has 3 aliphatic heterocycles. The smallest absolute Gasteiger partial charge is 0.123 e. The van der Waals surface area contributed by atoms with Crippen molar-refractivity contribution < 1.29 is 4.39 Å².